The van der Waals surface area contributed by atoms with Gasteiger partial charge in [0.05, 0.1) is 19.5 Å². The first-order chi connectivity index (χ1) is 23.5. The van der Waals surface area contributed by atoms with Gasteiger partial charge in [0, 0.05) is 47.7 Å². The predicted octanol–water partition coefficient (Wildman–Crippen LogP) is -1.83. The molecule has 0 radical (unpaired) electrons. The summed E-state index contributed by atoms with van der Waals surface area (Å²) in [5.41, 5.74) is 4.27. The molecule has 3 rings (SSSR count). The van der Waals surface area contributed by atoms with Crippen LogP contribution in [0.2, 0.25) is 0 Å². The summed E-state index contributed by atoms with van der Waals surface area (Å²) in [5, 5.41) is 26.2. The van der Waals surface area contributed by atoms with Crippen LogP contribution in [0.4, 0.5) is 5.82 Å². The van der Waals surface area contributed by atoms with E-state index in [1.165, 1.54) is 20.1 Å². The molecule has 1 saturated heterocycles. The number of nitrogens with one attached hydrogen (secondary N) is 2. The van der Waals surface area contributed by atoms with Gasteiger partial charge >= 0.3 is 23.5 Å². The van der Waals surface area contributed by atoms with Crippen LogP contribution >= 0.6 is 23.5 Å². The molecule has 28 heteroatoms. The number of anilines is 1. The van der Waals surface area contributed by atoms with Crippen LogP contribution in [0, 0.1) is 5.41 Å². The largest absolute Gasteiger partial charge is 0.481 e. The average Bonchev–Trinajstić information content (AvgIpc) is 3.57. The van der Waals surface area contributed by atoms with E-state index < -0.39 is 95.4 Å². The average molecular weight is 812 g/mol. The van der Waals surface area contributed by atoms with E-state index in [1.54, 1.807) is 0 Å². The van der Waals surface area contributed by atoms with Crippen molar-refractivity contribution in [1.82, 2.24) is 30.2 Å². The summed E-state index contributed by atoms with van der Waals surface area (Å²) < 4.78 is 72.9. The lowest BCUT2D eigenvalue weighted by molar-refractivity contribution is -0.137. The van der Waals surface area contributed by atoms with Crippen molar-refractivity contribution < 1.29 is 79.9 Å². The highest BCUT2D eigenvalue weighted by molar-refractivity contribution is 7.84. The molecule has 0 aliphatic carbocycles. The van der Waals surface area contributed by atoms with Gasteiger partial charge in [0.1, 0.15) is 36.3 Å². The van der Waals surface area contributed by atoms with Crippen LogP contribution in [-0.2, 0) is 56.7 Å². The molecule has 1 aliphatic rings. The molecule has 0 saturated carbocycles. The maximum atomic E-state index is 12.6. The number of fused-ring (bicyclic) bond motifs is 1. The number of carbonyl (C=O) groups is 2. The number of nitrogen functional groups attached to an aromatic ring is 1. The summed E-state index contributed by atoms with van der Waals surface area (Å²) in [5.74, 6) is -1.00. The molecular formula is C23H40N7O17P3S. The van der Waals surface area contributed by atoms with Gasteiger partial charge in [-0.3, -0.25) is 31.9 Å². The number of phosphoric ester groups is 3. The van der Waals surface area contributed by atoms with E-state index in [0.29, 0.717) is 12.2 Å². The van der Waals surface area contributed by atoms with Crippen LogP contribution < -0.4 is 16.4 Å². The number of imidazole rings is 1. The Kier molecular flexibility index (Phi) is 14.9. The zero-order valence-electron chi connectivity index (χ0n) is 27.3. The lowest BCUT2D eigenvalue weighted by Crippen LogP contribution is -2.46. The van der Waals surface area contributed by atoms with Crippen LogP contribution in [0.1, 0.15) is 32.9 Å². The summed E-state index contributed by atoms with van der Waals surface area (Å²) in [6, 6.07) is 0. The highest BCUT2D eigenvalue weighted by atomic mass is 32.2. The van der Waals surface area contributed by atoms with E-state index >= 15 is 0 Å². The second-order valence-electron chi connectivity index (χ2n) is 11.7. The first-order valence-electron chi connectivity index (χ1n) is 14.7. The molecule has 3 unspecified atom stereocenters. The van der Waals surface area contributed by atoms with Gasteiger partial charge in [0.2, 0.25) is 11.8 Å². The minimum atomic E-state index is -5.55. The van der Waals surface area contributed by atoms with E-state index in [4.69, 9.17) is 19.5 Å². The molecule has 1 fully saturated rings. The van der Waals surface area contributed by atoms with Gasteiger partial charge < -0.3 is 50.9 Å². The maximum absolute atomic E-state index is 12.6. The Hall–Kier alpha value is -2.31. The SMILES string of the molecule is CS(=O)CCCNC(=O)CCNC(=O)[C@H](O)C(C)(C)COP(=O)(O)OP(=O)(O)OC[C@H]1O[C@@H](n2cnc3c(N)ncnc32)[C@H](O)[C@@H]1OP(=O)(O)O. The lowest BCUT2D eigenvalue weighted by atomic mass is 9.87. The summed E-state index contributed by atoms with van der Waals surface area (Å²) >= 11 is 0. The topological polar surface area (TPSA) is 364 Å². The van der Waals surface area contributed by atoms with Gasteiger partial charge in [0.15, 0.2) is 17.7 Å². The third-order valence-electron chi connectivity index (χ3n) is 7.01. The Balaban J connectivity index is 1.55. The number of amides is 2. The van der Waals surface area contributed by atoms with Gasteiger partial charge in [-0.25, -0.2) is 28.6 Å². The van der Waals surface area contributed by atoms with Gasteiger partial charge in [-0.05, 0) is 6.42 Å². The standard InChI is InChI=1S/C23H40N7O17P3S/c1-23(2,18(33)21(34)26-7-5-14(31)25-6-4-8-51(3)42)10-44-50(40,41)47-49(38,39)43-9-13-17(46-48(35,36)37)16(32)22(45-13)30-12-29-15-19(24)27-11-28-20(15)30/h11-13,16-18,22,32-33H,4-10H2,1-3H3,(H,25,31)(H,26,34)(H,38,39)(H,40,41)(H2,24,27,28)(H2,35,36,37)/t13-,16-,17-,18+,22-,51?/m1/s1. The van der Waals surface area contributed by atoms with E-state index in [1.807, 2.05) is 0 Å². The molecule has 1 aliphatic heterocycles. The van der Waals surface area contributed by atoms with Crippen LogP contribution in [-0.4, -0.2) is 128 Å². The number of nitrogens with zero attached hydrogens (tertiary/aromatic N) is 4. The molecule has 2 aromatic heterocycles. The van der Waals surface area contributed by atoms with Crippen molar-refractivity contribution in [3.8, 4) is 0 Å². The second-order valence-corrected chi connectivity index (χ2v) is 17.5. The van der Waals surface area contributed by atoms with Gasteiger partial charge in [0.25, 0.3) is 0 Å². The van der Waals surface area contributed by atoms with Gasteiger partial charge in [-0.15, -0.1) is 0 Å². The van der Waals surface area contributed by atoms with E-state index in [-0.39, 0.29) is 36.5 Å². The van der Waals surface area contributed by atoms with Gasteiger partial charge in [-0.2, -0.15) is 4.31 Å². The van der Waals surface area contributed by atoms with Crippen molar-refractivity contribution in [3.63, 3.8) is 0 Å². The quantitative estimate of drug-likeness (QED) is 0.0524. The minimum absolute atomic E-state index is 0.0324. The number of nitrogens with two attached hydrogens (primary N) is 1. The van der Waals surface area contributed by atoms with Crippen LogP contribution in [0.15, 0.2) is 12.7 Å². The summed E-state index contributed by atoms with van der Waals surface area (Å²) in [4.78, 5) is 75.1. The molecule has 51 heavy (non-hydrogen) atoms. The third-order valence-corrected chi connectivity index (χ3v) is 11.0. The molecule has 290 valence electrons. The number of ether oxygens (including phenoxy) is 1. The fourth-order valence-corrected chi connectivity index (χ4v) is 7.82. The molecule has 0 aromatic carbocycles. The third kappa shape index (κ3) is 12.9. The fraction of sp³-hybridized carbons (Fsp3) is 0.696. The number of hydrogen-bond donors (Lipinski definition) is 9. The predicted molar refractivity (Wildman–Crippen MR) is 173 cm³/mol. The normalized spacial score (nSPS) is 23.3. The van der Waals surface area contributed by atoms with Crippen molar-refractivity contribution in [2.75, 3.05) is 44.0 Å². The Bertz CT molecular complexity index is 1710. The van der Waals surface area contributed by atoms with E-state index in [9.17, 15) is 57.3 Å². The van der Waals surface area contributed by atoms with Crippen LogP contribution in [0.25, 0.3) is 11.2 Å². The molecule has 3 heterocycles. The molecular weight excluding hydrogens is 771 g/mol. The van der Waals surface area contributed by atoms with Crippen LogP contribution in [0.3, 0.4) is 0 Å². The van der Waals surface area contributed by atoms with Crippen molar-refractivity contribution in [1.29, 1.82) is 0 Å². The minimum Gasteiger partial charge on any atom is -0.386 e. The number of aliphatic hydroxyl groups is 2. The van der Waals surface area contributed by atoms with Gasteiger partial charge in [-0.1, -0.05) is 13.8 Å². The Morgan fingerprint density at radius 2 is 1.76 bits per heavy atom. The Labute approximate surface area is 292 Å². The first-order valence-corrected chi connectivity index (χ1v) is 21.0. The number of aromatic nitrogens is 4. The van der Waals surface area contributed by atoms with E-state index in [0.717, 1.165) is 17.2 Å². The van der Waals surface area contributed by atoms with Crippen molar-refractivity contribution in [2.24, 2.45) is 5.41 Å². The molecule has 0 spiro atoms. The number of carbonyl (C=O) groups excluding carboxylic acids is 2. The Morgan fingerprint density at radius 1 is 1.10 bits per heavy atom. The summed E-state index contributed by atoms with van der Waals surface area (Å²) in [6.07, 6.45) is -4.82. The lowest BCUT2D eigenvalue weighted by Gasteiger charge is -2.30. The highest BCUT2D eigenvalue weighted by Crippen LogP contribution is 2.61. The first kappa shape index (κ1) is 43.1. The maximum Gasteiger partial charge on any atom is 0.481 e. The zero-order chi connectivity index (χ0) is 38.4. The molecule has 2 aromatic rings. The number of rotatable bonds is 20. The van der Waals surface area contributed by atoms with Crippen molar-refractivity contribution in [2.45, 2.75) is 57.3 Å². The molecule has 8 atom stereocenters. The van der Waals surface area contributed by atoms with Crippen molar-refractivity contribution in [3.05, 3.63) is 12.7 Å². The number of hydrogen-bond acceptors (Lipinski definition) is 17. The molecule has 10 N–H and O–H groups in total. The molecule has 24 nitrogen and oxygen atoms in total. The summed E-state index contributed by atoms with van der Waals surface area (Å²) in [7, 11) is -17.3. The van der Waals surface area contributed by atoms with E-state index in [2.05, 4.69) is 34.4 Å². The second kappa shape index (κ2) is 17.7. The van der Waals surface area contributed by atoms with Crippen LogP contribution in [0.5, 0.6) is 0 Å². The number of aliphatic hydroxyl groups excluding tert-OH is 2. The van der Waals surface area contributed by atoms with Crippen molar-refractivity contribution >= 4 is 63.1 Å². The highest BCUT2D eigenvalue weighted by Gasteiger charge is 2.50. The Morgan fingerprint density at radius 3 is 2.41 bits per heavy atom. The molecule has 0 bridgehead atoms. The zero-order valence-corrected chi connectivity index (χ0v) is 30.8. The smallest absolute Gasteiger partial charge is 0.386 e. The summed E-state index contributed by atoms with van der Waals surface area (Å²) in [6.45, 7) is 0.614. The number of phosphoric acid groups is 3. The monoisotopic (exact) mass is 811 g/mol. The molecule has 2 amide bonds. The fourth-order valence-electron chi connectivity index (χ4n) is 4.44.